The number of hydrogen-bond acceptors (Lipinski definition) is 5. The van der Waals surface area contributed by atoms with Crippen molar-refractivity contribution in [1.82, 2.24) is 4.98 Å². The molecule has 5 heteroatoms. The summed E-state index contributed by atoms with van der Waals surface area (Å²) >= 11 is 0. The predicted molar refractivity (Wildman–Crippen MR) is 76.4 cm³/mol. The smallest absolute Gasteiger partial charge is 0.239 e. The highest BCUT2D eigenvalue weighted by Gasteiger charge is 2.20. The van der Waals surface area contributed by atoms with Crippen molar-refractivity contribution in [3.63, 3.8) is 0 Å². The lowest BCUT2D eigenvalue weighted by molar-refractivity contribution is 0.134. The summed E-state index contributed by atoms with van der Waals surface area (Å²) in [6.45, 7) is 6.23. The molecule has 1 aliphatic rings. The molecule has 5 nitrogen and oxygen atoms in total. The number of rotatable bonds is 8. The number of pyridine rings is 1. The van der Waals surface area contributed by atoms with E-state index < -0.39 is 0 Å². The third kappa shape index (κ3) is 4.95. The Morgan fingerprint density at radius 3 is 2.89 bits per heavy atom. The second-order valence-electron chi connectivity index (χ2n) is 5.20. The monoisotopic (exact) mass is 265 g/mol. The minimum Gasteiger partial charge on any atom is -0.473 e. The Labute approximate surface area is 114 Å². The molecule has 19 heavy (non-hydrogen) atoms. The molecule has 0 atom stereocenters. The van der Waals surface area contributed by atoms with Gasteiger partial charge in [-0.15, -0.1) is 0 Å². The van der Waals surface area contributed by atoms with Crippen LogP contribution in [-0.2, 0) is 4.74 Å². The van der Waals surface area contributed by atoms with Gasteiger partial charge in [0.25, 0.3) is 0 Å². The fourth-order valence-corrected chi connectivity index (χ4v) is 1.65. The van der Waals surface area contributed by atoms with Crippen molar-refractivity contribution in [2.45, 2.75) is 32.8 Å². The average molecular weight is 265 g/mol. The molecule has 0 aromatic carbocycles. The van der Waals surface area contributed by atoms with E-state index in [-0.39, 0.29) is 6.10 Å². The van der Waals surface area contributed by atoms with Crippen molar-refractivity contribution in [3.05, 3.63) is 12.1 Å². The lowest BCUT2D eigenvalue weighted by atomic mass is 10.4. The second kappa shape index (κ2) is 6.61. The van der Waals surface area contributed by atoms with E-state index in [1.807, 2.05) is 19.9 Å². The van der Waals surface area contributed by atoms with Crippen molar-refractivity contribution in [3.8, 4) is 5.88 Å². The van der Waals surface area contributed by atoms with Gasteiger partial charge in [-0.3, -0.25) is 0 Å². The lowest BCUT2D eigenvalue weighted by Gasteiger charge is -2.13. The second-order valence-corrected chi connectivity index (χ2v) is 5.20. The Hall–Kier alpha value is -1.49. The van der Waals surface area contributed by atoms with Crippen LogP contribution >= 0.6 is 0 Å². The van der Waals surface area contributed by atoms with Crippen LogP contribution in [0.1, 0.15) is 26.7 Å². The molecule has 0 unspecified atom stereocenters. The topological polar surface area (TPSA) is 69.4 Å². The third-order valence-electron chi connectivity index (χ3n) is 2.84. The summed E-state index contributed by atoms with van der Waals surface area (Å²) in [7, 11) is 0. The average Bonchev–Trinajstić information content (AvgIpc) is 3.16. The van der Waals surface area contributed by atoms with E-state index >= 15 is 0 Å². The van der Waals surface area contributed by atoms with Crippen molar-refractivity contribution >= 4 is 11.5 Å². The summed E-state index contributed by atoms with van der Waals surface area (Å²) in [4.78, 5) is 4.34. The summed E-state index contributed by atoms with van der Waals surface area (Å²) in [6.07, 6.45) is 2.71. The number of anilines is 2. The van der Waals surface area contributed by atoms with E-state index in [2.05, 4.69) is 10.3 Å². The fourth-order valence-electron chi connectivity index (χ4n) is 1.65. The maximum Gasteiger partial charge on any atom is 0.239 e. The predicted octanol–water partition coefficient (Wildman–Crippen LogP) is 2.29. The number of nitrogens with one attached hydrogen (secondary N) is 1. The Bertz CT molecular complexity index is 406. The highest BCUT2D eigenvalue weighted by Crippen LogP contribution is 2.28. The molecule has 1 aromatic heterocycles. The van der Waals surface area contributed by atoms with Crippen molar-refractivity contribution in [2.75, 3.05) is 30.8 Å². The standard InChI is InChI=1S/C14H23N3O2/c1-10(2)19-14-12(15)5-6-13(17-14)16-7-8-18-9-11-3-4-11/h5-6,10-11H,3-4,7-9,15H2,1-2H3,(H,16,17). The SMILES string of the molecule is CC(C)Oc1nc(NCCOCC2CC2)ccc1N. The molecule has 0 bridgehead atoms. The minimum absolute atomic E-state index is 0.0620. The Balaban J connectivity index is 1.75. The molecule has 1 saturated carbocycles. The van der Waals surface area contributed by atoms with Gasteiger partial charge in [0.2, 0.25) is 5.88 Å². The van der Waals surface area contributed by atoms with Gasteiger partial charge in [0.15, 0.2) is 0 Å². The highest BCUT2D eigenvalue weighted by molar-refractivity contribution is 5.53. The van der Waals surface area contributed by atoms with Gasteiger partial charge in [-0.1, -0.05) is 0 Å². The molecule has 1 aromatic rings. The number of hydrogen-bond donors (Lipinski definition) is 2. The summed E-state index contributed by atoms with van der Waals surface area (Å²) < 4.78 is 11.1. The van der Waals surface area contributed by atoms with Gasteiger partial charge in [-0.25, -0.2) is 0 Å². The number of nitrogens with zero attached hydrogens (tertiary/aromatic N) is 1. The van der Waals surface area contributed by atoms with E-state index in [4.69, 9.17) is 15.2 Å². The largest absolute Gasteiger partial charge is 0.473 e. The van der Waals surface area contributed by atoms with Crippen LogP contribution in [0.5, 0.6) is 5.88 Å². The number of ether oxygens (including phenoxy) is 2. The van der Waals surface area contributed by atoms with Crippen molar-refractivity contribution < 1.29 is 9.47 Å². The van der Waals surface area contributed by atoms with Gasteiger partial charge >= 0.3 is 0 Å². The van der Waals surface area contributed by atoms with E-state index in [1.54, 1.807) is 6.07 Å². The van der Waals surface area contributed by atoms with Crippen LogP contribution in [0, 0.1) is 5.92 Å². The Kier molecular flexibility index (Phi) is 4.85. The molecule has 2 rings (SSSR count). The van der Waals surface area contributed by atoms with Gasteiger partial charge in [0.05, 0.1) is 18.4 Å². The number of nitrogens with two attached hydrogens (primary N) is 1. The summed E-state index contributed by atoms with van der Waals surface area (Å²) in [5, 5.41) is 3.21. The molecular formula is C14H23N3O2. The molecule has 0 saturated heterocycles. The van der Waals surface area contributed by atoms with Crippen LogP contribution in [0.3, 0.4) is 0 Å². The van der Waals surface area contributed by atoms with Gasteiger partial charge in [-0.05, 0) is 44.7 Å². The van der Waals surface area contributed by atoms with Crippen molar-refractivity contribution in [2.24, 2.45) is 5.92 Å². The molecule has 0 radical (unpaired) electrons. The van der Waals surface area contributed by atoms with Gasteiger partial charge in [-0.2, -0.15) is 4.98 Å². The van der Waals surface area contributed by atoms with Crippen LogP contribution in [0.4, 0.5) is 11.5 Å². The number of aromatic nitrogens is 1. The lowest BCUT2D eigenvalue weighted by Crippen LogP contribution is -2.13. The van der Waals surface area contributed by atoms with Crippen LogP contribution < -0.4 is 15.8 Å². The maximum atomic E-state index is 5.81. The number of nitrogen functional groups attached to an aromatic ring is 1. The maximum absolute atomic E-state index is 5.81. The van der Waals surface area contributed by atoms with E-state index in [0.29, 0.717) is 18.2 Å². The fraction of sp³-hybridized carbons (Fsp3) is 0.643. The first-order valence-electron chi connectivity index (χ1n) is 6.90. The van der Waals surface area contributed by atoms with E-state index in [0.717, 1.165) is 24.9 Å². The van der Waals surface area contributed by atoms with Crippen LogP contribution in [0.15, 0.2) is 12.1 Å². The first-order chi connectivity index (χ1) is 9.15. The van der Waals surface area contributed by atoms with E-state index in [9.17, 15) is 0 Å². The molecule has 0 spiro atoms. The molecule has 3 N–H and O–H groups in total. The zero-order valence-electron chi connectivity index (χ0n) is 11.7. The minimum atomic E-state index is 0.0620. The molecule has 1 fully saturated rings. The summed E-state index contributed by atoms with van der Waals surface area (Å²) in [5.74, 6) is 2.06. The molecule has 1 heterocycles. The molecule has 106 valence electrons. The zero-order chi connectivity index (χ0) is 13.7. The first kappa shape index (κ1) is 13.9. The first-order valence-corrected chi connectivity index (χ1v) is 6.90. The van der Waals surface area contributed by atoms with Gasteiger partial charge in [0.1, 0.15) is 5.82 Å². The highest BCUT2D eigenvalue weighted by atomic mass is 16.5. The summed E-state index contributed by atoms with van der Waals surface area (Å²) in [5.41, 5.74) is 6.37. The van der Waals surface area contributed by atoms with E-state index in [1.165, 1.54) is 12.8 Å². The Morgan fingerprint density at radius 2 is 2.21 bits per heavy atom. The summed E-state index contributed by atoms with van der Waals surface area (Å²) in [6, 6.07) is 3.65. The molecule has 0 aliphatic heterocycles. The van der Waals surface area contributed by atoms with Crippen LogP contribution in [-0.4, -0.2) is 30.8 Å². The third-order valence-corrected chi connectivity index (χ3v) is 2.84. The van der Waals surface area contributed by atoms with Crippen molar-refractivity contribution in [1.29, 1.82) is 0 Å². The quantitative estimate of drug-likeness (QED) is 0.706. The molecular weight excluding hydrogens is 242 g/mol. The molecule has 0 amide bonds. The molecule has 1 aliphatic carbocycles. The van der Waals surface area contributed by atoms with Gasteiger partial charge < -0.3 is 20.5 Å². The zero-order valence-corrected chi connectivity index (χ0v) is 11.7. The normalized spacial score (nSPS) is 14.7. The van der Waals surface area contributed by atoms with Crippen LogP contribution in [0.25, 0.3) is 0 Å². The van der Waals surface area contributed by atoms with Gasteiger partial charge in [0, 0.05) is 13.2 Å². The van der Waals surface area contributed by atoms with Crippen LogP contribution in [0.2, 0.25) is 0 Å². The Morgan fingerprint density at radius 1 is 1.42 bits per heavy atom.